The van der Waals surface area contributed by atoms with Crippen LogP contribution in [0.25, 0.3) is 0 Å². The van der Waals surface area contributed by atoms with Crippen LogP contribution in [0.3, 0.4) is 0 Å². The van der Waals surface area contributed by atoms with Crippen molar-refractivity contribution in [3.05, 3.63) is 47.3 Å². The summed E-state index contributed by atoms with van der Waals surface area (Å²) in [6.07, 6.45) is 4.18. The first-order valence-electron chi connectivity index (χ1n) is 8.35. The van der Waals surface area contributed by atoms with Crippen LogP contribution in [0, 0.1) is 5.41 Å². The predicted octanol–water partition coefficient (Wildman–Crippen LogP) is 2.20. The normalized spacial score (nSPS) is 18.9. The van der Waals surface area contributed by atoms with Crippen LogP contribution in [0.5, 0.6) is 0 Å². The maximum Gasteiger partial charge on any atom is 0.358 e. The van der Waals surface area contributed by atoms with Crippen LogP contribution in [0.1, 0.15) is 54.3 Å². The zero-order valence-corrected chi connectivity index (χ0v) is 14.4. The van der Waals surface area contributed by atoms with Gasteiger partial charge in [-0.05, 0) is 35.8 Å². The van der Waals surface area contributed by atoms with Gasteiger partial charge < -0.3 is 10.4 Å². The number of carboxylic acid groups (broad SMARTS) is 1. The molecule has 0 radical (unpaired) electrons. The summed E-state index contributed by atoms with van der Waals surface area (Å²) >= 11 is 0. The van der Waals surface area contributed by atoms with E-state index in [0.29, 0.717) is 0 Å². The van der Waals surface area contributed by atoms with E-state index < -0.39 is 5.97 Å². The van der Waals surface area contributed by atoms with E-state index >= 15 is 0 Å². The highest BCUT2D eigenvalue weighted by Crippen LogP contribution is 2.39. The molecule has 0 saturated carbocycles. The number of hydrogen-bond donors (Lipinski definition) is 2. The van der Waals surface area contributed by atoms with Crippen molar-refractivity contribution < 1.29 is 14.7 Å². The van der Waals surface area contributed by atoms with Gasteiger partial charge in [-0.3, -0.25) is 4.79 Å². The fourth-order valence-corrected chi connectivity index (χ4v) is 3.33. The fraction of sp³-hybridized carbons (Fsp3) is 0.444. The Morgan fingerprint density at radius 2 is 2.12 bits per heavy atom. The van der Waals surface area contributed by atoms with Gasteiger partial charge in [0.1, 0.15) is 6.54 Å². The highest BCUT2D eigenvalue weighted by atomic mass is 16.4. The molecule has 0 bridgehead atoms. The number of carboxylic acids is 1. The van der Waals surface area contributed by atoms with Crippen molar-refractivity contribution in [1.82, 2.24) is 20.3 Å². The number of hydrogen-bond acceptors (Lipinski definition) is 4. The Kier molecular flexibility index (Phi) is 4.57. The molecule has 1 atom stereocenters. The maximum absolute atomic E-state index is 12.4. The van der Waals surface area contributed by atoms with Crippen molar-refractivity contribution >= 4 is 11.9 Å². The molecule has 2 N–H and O–H groups in total. The number of aromatic carboxylic acids is 1. The van der Waals surface area contributed by atoms with Crippen LogP contribution >= 0.6 is 0 Å². The molecular weight excluding hydrogens is 320 g/mol. The second-order valence-electron chi connectivity index (χ2n) is 7.29. The molecule has 7 nitrogen and oxygen atoms in total. The summed E-state index contributed by atoms with van der Waals surface area (Å²) in [6, 6.07) is 8.14. The lowest BCUT2D eigenvalue weighted by Crippen LogP contribution is -2.33. The van der Waals surface area contributed by atoms with E-state index in [1.165, 1.54) is 16.4 Å². The molecule has 0 aliphatic heterocycles. The molecule has 1 aliphatic carbocycles. The zero-order chi connectivity index (χ0) is 18.0. The summed E-state index contributed by atoms with van der Waals surface area (Å²) in [4.78, 5) is 23.3. The summed E-state index contributed by atoms with van der Waals surface area (Å²) in [5.74, 6) is -1.37. The Bertz CT molecular complexity index is 797. The molecule has 0 spiro atoms. The summed E-state index contributed by atoms with van der Waals surface area (Å²) in [5, 5.41) is 19.2. The molecule has 1 aliphatic rings. The van der Waals surface area contributed by atoms with E-state index in [2.05, 4.69) is 41.6 Å². The summed E-state index contributed by atoms with van der Waals surface area (Å²) in [5.41, 5.74) is 2.38. The van der Waals surface area contributed by atoms with Crippen molar-refractivity contribution in [2.75, 3.05) is 0 Å². The van der Waals surface area contributed by atoms with Crippen LogP contribution in [-0.4, -0.2) is 32.0 Å². The van der Waals surface area contributed by atoms with Crippen LogP contribution < -0.4 is 5.32 Å². The van der Waals surface area contributed by atoms with Gasteiger partial charge in [0.25, 0.3) is 0 Å². The largest absolute Gasteiger partial charge is 0.476 e. The number of amides is 1. The summed E-state index contributed by atoms with van der Waals surface area (Å²) in [6.45, 7) is 4.38. The molecule has 0 fully saturated rings. The molecule has 2 aromatic rings. The molecule has 0 saturated heterocycles. The van der Waals surface area contributed by atoms with E-state index in [9.17, 15) is 9.59 Å². The van der Waals surface area contributed by atoms with Gasteiger partial charge in [0.05, 0.1) is 12.2 Å². The van der Waals surface area contributed by atoms with E-state index in [0.717, 1.165) is 24.8 Å². The molecule has 1 amide bonds. The molecule has 1 aromatic heterocycles. The molecule has 1 aromatic carbocycles. The third-order valence-electron chi connectivity index (χ3n) is 4.66. The van der Waals surface area contributed by atoms with Crippen molar-refractivity contribution in [2.24, 2.45) is 5.41 Å². The van der Waals surface area contributed by atoms with Gasteiger partial charge in [0.15, 0.2) is 5.69 Å². The standard InChI is InChI=1S/C18H22N4O3/c1-18(2)8-7-12-5-3-4-6-13(12)14(9-18)19-16(23)11-22-10-15(17(24)25)20-21-22/h3-6,10,14H,7-9,11H2,1-2H3,(H,19,23)(H,24,25). The zero-order valence-electron chi connectivity index (χ0n) is 14.4. The van der Waals surface area contributed by atoms with Crippen LogP contribution in [0.15, 0.2) is 30.5 Å². The number of aromatic nitrogens is 3. The number of fused-ring (bicyclic) bond motifs is 1. The lowest BCUT2D eigenvalue weighted by atomic mass is 9.83. The number of benzene rings is 1. The molecule has 7 heteroatoms. The van der Waals surface area contributed by atoms with Crippen LogP contribution in [-0.2, 0) is 17.8 Å². The monoisotopic (exact) mass is 342 g/mol. The highest BCUT2D eigenvalue weighted by Gasteiger charge is 2.30. The topological polar surface area (TPSA) is 97.1 Å². The van der Waals surface area contributed by atoms with Gasteiger partial charge in [0.2, 0.25) is 5.91 Å². The van der Waals surface area contributed by atoms with Gasteiger partial charge in [-0.2, -0.15) is 0 Å². The first-order chi connectivity index (χ1) is 11.8. The number of nitrogens with one attached hydrogen (secondary N) is 1. The van der Waals surface area contributed by atoms with Crippen molar-refractivity contribution in [3.63, 3.8) is 0 Å². The number of carbonyl (C=O) groups is 2. The third-order valence-corrected chi connectivity index (χ3v) is 4.66. The summed E-state index contributed by atoms with van der Waals surface area (Å²) in [7, 11) is 0. The number of carbonyl (C=O) groups excluding carboxylic acids is 1. The number of aryl methyl sites for hydroxylation is 1. The van der Waals surface area contributed by atoms with E-state index in [-0.39, 0.29) is 29.6 Å². The highest BCUT2D eigenvalue weighted by molar-refractivity contribution is 5.84. The Labute approximate surface area is 146 Å². The van der Waals surface area contributed by atoms with Gasteiger partial charge in [0, 0.05) is 0 Å². The average Bonchev–Trinajstić information content (AvgIpc) is 2.96. The first kappa shape index (κ1) is 17.1. The lowest BCUT2D eigenvalue weighted by Gasteiger charge is -2.27. The quantitative estimate of drug-likeness (QED) is 0.830. The Balaban J connectivity index is 1.75. The van der Waals surface area contributed by atoms with Crippen LogP contribution in [0.4, 0.5) is 0 Å². The molecule has 132 valence electrons. The number of nitrogens with zero attached hydrogens (tertiary/aromatic N) is 3. The van der Waals surface area contributed by atoms with Gasteiger partial charge >= 0.3 is 5.97 Å². The molecule has 1 unspecified atom stereocenters. The van der Waals surface area contributed by atoms with Crippen molar-refractivity contribution in [2.45, 2.75) is 45.7 Å². The van der Waals surface area contributed by atoms with Crippen molar-refractivity contribution in [3.8, 4) is 0 Å². The van der Waals surface area contributed by atoms with E-state index in [1.807, 2.05) is 12.1 Å². The van der Waals surface area contributed by atoms with Gasteiger partial charge in [-0.1, -0.05) is 43.3 Å². The smallest absolute Gasteiger partial charge is 0.358 e. The Morgan fingerprint density at radius 1 is 1.36 bits per heavy atom. The summed E-state index contributed by atoms with van der Waals surface area (Å²) < 4.78 is 1.24. The second kappa shape index (κ2) is 6.66. The minimum atomic E-state index is -1.16. The average molecular weight is 342 g/mol. The van der Waals surface area contributed by atoms with Gasteiger partial charge in [-0.25, -0.2) is 9.48 Å². The maximum atomic E-state index is 12.4. The fourth-order valence-electron chi connectivity index (χ4n) is 3.33. The molecule has 25 heavy (non-hydrogen) atoms. The van der Waals surface area contributed by atoms with E-state index in [1.54, 1.807) is 0 Å². The Morgan fingerprint density at radius 3 is 2.84 bits per heavy atom. The minimum absolute atomic E-state index is 0.0562. The second-order valence-corrected chi connectivity index (χ2v) is 7.29. The molecular formula is C18H22N4O3. The molecule has 3 rings (SSSR count). The lowest BCUT2D eigenvalue weighted by molar-refractivity contribution is -0.122. The minimum Gasteiger partial charge on any atom is -0.476 e. The van der Waals surface area contributed by atoms with Crippen LogP contribution in [0.2, 0.25) is 0 Å². The third kappa shape index (κ3) is 4.04. The Hall–Kier alpha value is -2.70. The van der Waals surface area contributed by atoms with E-state index in [4.69, 9.17) is 5.11 Å². The SMILES string of the molecule is CC1(C)CCc2ccccc2C(NC(=O)Cn2cc(C(=O)O)nn2)C1. The molecule has 1 heterocycles. The first-order valence-corrected chi connectivity index (χ1v) is 8.35. The number of rotatable bonds is 4. The predicted molar refractivity (Wildman–Crippen MR) is 91.0 cm³/mol. The van der Waals surface area contributed by atoms with Crippen molar-refractivity contribution in [1.29, 1.82) is 0 Å². The van der Waals surface area contributed by atoms with Gasteiger partial charge in [-0.15, -0.1) is 5.10 Å².